The molecule has 0 aliphatic heterocycles. The second-order valence-corrected chi connectivity index (χ2v) is 6.12. The maximum absolute atomic E-state index is 13.7. The molecule has 0 aliphatic carbocycles. The normalized spacial score (nSPS) is 10.8. The Hall–Kier alpha value is -4.11. The predicted molar refractivity (Wildman–Crippen MR) is 108 cm³/mol. The highest BCUT2D eigenvalue weighted by Crippen LogP contribution is 2.19. The van der Waals surface area contributed by atoms with Gasteiger partial charge in [-0.2, -0.15) is 5.26 Å². The third-order valence-corrected chi connectivity index (χ3v) is 4.01. The minimum Gasteiger partial charge on any atom is -0.508 e. The van der Waals surface area contributed by atoms with Gasteiger partial charge in [0.25, 0.3) is 5.91 Å². The van der Waals surface area contributed by atoms with Gasteiger partial charge in [-0.25, -0.2) is 4.39 Å². The van der Waals surface area contributed by atoms with Crippen molar-refractivity contribution in [2.24, 2.45) is 0 Å². The number of benzene rings is 3. The second-order valence-electron chi connectivity index (χ2n) is 6.12. The molecule has 29 heavy (non-hydrogen) atoms. The summed E-state index contributed by atoms with van der Waals surface area (Å²) in [4.78, 5) is 12.3. The fourth-order valence-electron chi connectivity index (χ4n) is 2.53. The molecule has 2 N–H and O–H groups in total. The number of rotatable bonds is 6. The first-order valence-corrected chi connectivity index (χ1v) is 8.73. The minimum atomic E-state index is -0.573. The molecule has 144 valence electrons. The zero-order chi connectivity index (χ0) is 20.6. The summed E-state index contributed by atoms with van der Waals surface area (Å²) in [5.74, 6) is -0.360. The van der Waals surface area contributed by atoms with E-state index in [9.17, 15) is 19.6 Å². The number of nitrogens with one attached hydrogen (secondary N) is 1. The summed E-state index contributed by atoms with van der Waals surface area (Å²) >= 11 is 0. The van der Waals surface area contributed by atoms with Crippen LogP contribution in [-0.4, -0.2) is 11.0 Å². The van der Waals surface area contributed by atoms with Crippen LogP contribution < -0.4 is 10.1 Å². The van der Waals surface area contributed by atoms with E-state index in [2.05, 4.69) is 5.32 Å². The fraction of sp³-hybridized carbons (Fsp3) is 0.0435. The first-order chi connectivity index (χ1) is 14.0. The van der Waals surface area contributed by atoms with E-state index in [4.69, 9.17) is 4.74 Å². The number of phenolic OH excluding ortho intramolecular Hbond substituents is 1. The van der Waals surface area contributed by atoms with Crippen LogP contribution in [0.5, 0.6) is 11.5 Å². The standard InChI is InChI=1S/C23H17FN2O3/c24-22-7-2-1-5-17(22)15-29-21-6-3-4-16(13-21)12-18(14-25)23(28)26-19-8-10-20(27)11-9-19/h1-13,27H,15H2,(H,26,28)/b18-12-. The molecule has 3 rings (SSSR count). The Balaban J connectivity index is 1.71. The zero-order valence-corrected chi connectivity index (χ0v) is 15.3. The zero-order valence-electron chi connectivity index (χ0n) is 15.3. The van der Waals surface area contributed by atoms with E-state index in [0.717, 1.165) is 0 Å². The summed E-state index contributed by atoms with van der Waals surface area (Å²) < 4.78 is 19.3. The number of aromatic hydroxyl groups is 1. The summed E-state index contributed by atoms with van der Waals surface area (Å²) in [6.07, 6.45) is 1.44. The molecule has 0 aliphatic rings. The molecule has 6 heteroatoms. The van der Waals surface area contributed by atoms with Crippen LogP contribution in [0.3, 0.4) is 0 Å². The van der Waals surface area contributed by atoms with Crippen molar-refractivity contribution in [1.82, 2.24) is 0 Å². The largest absolute Gasteiger partial charge is 0.508 e. The minimum absolute atomic E-state index is 0.0618. The molecule has 0 unspecified atom stereocenters. The molecule has 0 atom stereocenters. The average Bonchev–Trinajstić information content (AvgIpc) is 2.73. The van der Waals surface area contributed by atoms with Gasteiger partial charge in [0.1, 0.15) is 35.6 Å². The molecular formula is C23H17FN2O3. The van der Waals surface area contributed by atoms with Gasteiger partial charge >= 0.3 is 0 Å². The molecule has 3 aromatic carbocycles. The van der Waals surface area contributed by atoms with Crippen LogP contribution in [-0.2, 0) is 11.4 Å². The molecule has 0 saturated carbocycles. The number of carbonyl (C=O) groups is 1. The highest BCUT2D eigenvalue weighted by molar-refractivity contribution is 6.09. The number of nitrogens with zero attached hydrogens (tertiary/aromatic N) is 1. The average molecular weight is 388 g/mol. The van der Waals surface area contributed by atoms with E-state index < -0.39 is 5.91 Å². The van der Waals surface area contributed by atoms with Crippen LogP contribution >= 0.6 is 0 Å². The number of halogens is 1. The Morgan fingerprint density at radius 2 is 1.86 bits per heavy atom. The van der Waals surface area contributed by atoms with Gasteiger partial charge in [-0.15, -0.1) is 0 Å². The number of ether oxygens (including phenoxy) is 1. The van der Waals surface area contributed by atoms with Crippen molar-refractivity contribution in [3.63, 3.8) is 0 Å². The summed E-state index contributed by atoms with van der Waals surface area (Å²) in [6, 6.07) is 20.9. The molecule has 0 heterocycles. The smallest absolute Gasteiger partial charge is 0.266 e. The molecular weight excluding hydrogens is 371 g/mol. The summed E-state index contributed by atoms with van der Waals surface area (Å²) in [7, 11) is 0. The lowest BCUT2D eigenvalue weighted by atomic mass is 10.1. The van der Waals surface area contributed by atoms with Crippen LogP contribution in [0.25, 0.3) is 6.08 Å². The van der Waals surface area contributed by atoms with Crippen molar-refractivity contribution in [3.8, 4) is 17.6 Å². The van der Waals surface area contributed by atoms with Crippen LogP contribution in [0.2, 0.25) is 0 Å². The van der Waals surface area contributed by atoms with E-state index in [0.29, 0.717) is 22.6 Å². The molecule has 1 amide bonds. The third kappa shape index (κ3) is 5.44. The van der Waals surface area contributed by atoms with E-state index >= 15 is 0 Å². The van der Waals surface area contributed by atoms with Crippen molar-refractivity contribution in [2.75, 3.05) is 5.32 Å². The maximum atomic E-state index is 13.7. The maximum Gasteiger partial charge on any atom is 0.266 e. The topological polar surface area (TPSA) is 82.3 Å². The van der Waals surface area contributed by atoms with Gasteiger partial charge in [0.2, 0.25) is 0 Å². The first-order valence-electron chi connectivity index (χ1n) is 8.73. The molecule has 3 aromatic rings. The Morgan fingerprint density at radius 3 is 2.59 bits per heavy atom. The Morgan fingerprint density at radius 1 is 1.10 bits per heavy atom. The van der Waals surface area contributed by atoms with Gasteiger partial charge in [-0.3, -0.25) is 4.79 Å². The molecule has 0 saturated heterocycles. The van der Waals surface area contributed by atoms with Gasteiger partial charge in [0.05, 0.1) is 0 Å². The van der Waals surface area contributed by atoms with Crippen LogP contribution in [0, 0.1) is 17.1 Å². The van der Waals surface area contributed by atoms with Gasteiger partial charge in [-0.1, -0.05) is 30.3 Å². The van der Waals surface area contributed by atoms with E-state index in [-0.39, 0.29) is 23.7 Å². The van der Waals surface area contributed by atoms with Crippen LogP contribution in [0.4, 0.5) is 10.1 Å². The van der Waals surface area contributed by atoms with Crippen molar-refractivity contribution < 1.29 is 19.0 Å². The van der Waals surface area contributed by atoms with E-state index in [1.807, 2.05) is 6.07 Å². The van der Waals surface area contributed by atoms with E-state index in [1.54, 1.807) is 42.5 Å². The second kappa shape index (κ2) is 9.20. The Labute approximate surface area is 167 Å². The van der Waals surface area contributed by atoms with Gasteiger partial charge in [-0.05, 0) is 54.1 Å². The molecule has 0 aromatic heterocycles. The SMILES string of the molecule is N#C/C(=C/c1cccc(OCc2ccccc2F)c1)C(=O)Nc1ccc(O)cc1. The predicted octanol–water partition coefficient (Wildman–Crippen LogP) is 4.66. The highest BCUT2D eigenvalue weighted by Gasteiger charge is 2.10. The van der Waals surface area contributed by atoms with Gasteiger partial charge in [0, 0.05) is 11.3 Å². The van der Waals surface area contributed by atoms with Crippen molar-refractivity contribution >= 4 is 17.7 Å². The van der Waals surface area contributed by atoms with Crippen molar-refractivity contribution in [2.45, 2.75) is 6.61 Å². The molecule has 0 spiro atoms. The first kappa shape index (κ1) is 19.6. The third-order valence-electron chi connectivity index (χ3n) is 4.01. The molecule has 0 fully saturated rings. The number of hydrogen-bond acceptors (Lipinski definition) is 4. The molecule has 0 bridgehead atoms. The quantitative estimate of drug-likeness (QED) is 0.366. The summed E-state index contributed by atoms with van der Waals surface area (Å²) in [5, 5.41) is 21.2. The van der Waals surface area contributed by atoms with Crippen molar-refractivity contribution in [1.29, 1.82) is 5.26 Å². The number of hydrogen-bond donors (Lipinski definition) is 2. The van der Waals surface area contributed by atoms with Gasteiger partial charge < -0.3 is 15.2 Å². The number of nitriles is 1. The monoisotopic (exact) mass is 388 g/mol. The summed E-state index contributed by atoms with van der Waals surface area (Å²) in [5.41, 5.74) is 1.38. The lowest BCUT2D eigenvalue weighted by Crippen LogP contribution is -2.13. The van der Waals surface area contributed by atoms with Gasteiger partial charge in [0.15, 0.2) is 0 Å². The fourth-order valence-corrected chi connectivity index (χ4v) is 2.53. The lowest BCUT2D eigenvalue weighted by molar-refractivity contribution is -0.112. The highest BCUT2D eigenvalue weighted by atomic mass is 19.1. The van der Waals surface area contributed by atoms with Crippen LogP contribution in [0.15, 0.2) is 78.4 Å². The van der Waals surface area contributed by atoms with Crippen LogP contribution in [0.1, 0.15) is 11.1 Å². The van der Waals surface area contributed by atoms with Crippen molar-refractivity contribution in [3.05, 3.63) is 95.3 Å². The summed E-state index contributed by atoms with van der Waals surface area (Å²) in [6.45, 7) is 0.0618. The Bertz CT molecular complexity index is 1090. The van der Waals surface area contributed by atoms with E-state index in [1.165, 1.54) is 36.4 Å². The lowest BCUT2D eigenvalue weighted by Gasteiger charge is -2.08. The number of amides is 1. The molecule has 5 nitrogen and oxygen atoms in total. The Kier molecular flexibility index (Phi) is 6.23. The molecule has 0 radical (unpaired) electrons. The number of phenols is 1. The number of anilines is 1. The number of carbonyl (C=O) groups excluding carboxylic acids is 1.